The van der Waals surface area contributed by atoms with Crippen LogP contribution in [0.4, 0.5) is 0 Å². The largest absolute Gasteiger partial charge is 0.468 e. The maximum absolute atomic E-state index is 11.8. The molecule has 2 aromatic carbocycles. The number of benzene rings is 2. The number of carbonyl (C=O) groups excluding carboxylic acids is 1. The van der Waals surface area contributed by atoms with Crippen LogP contribution in [0.2, 0.25) is 0 Å². The summed E-state index contributed by atoms with van der Waals surface area (Å²) in [6.07, 6.45) is 5.12. The number of nitrogens with one attached hydrogen (secondary N) is 3. The van der Waals surface area contributed by atoms with Gasteiger partial charge < -0.3 is 20.0 Å². The Bertz CT molecular complexity index is 1250. The first-order valence-corrected chi connectivity index (χ1v) is 10.6. The van der Waals surface area contributed by atoms with Gasteiger partial charge >= 0.3 is 0 Å². The number of amides is 1. The molecule has 30 heavy (non-hydrogen) atoms. The summed E-state index contributed by atoms with van der Waals surface area (Å²) in [7, 11) is 0. The number of aryl methyl sites for hydroxylation is 1. The van der Waals surface area contributed by atoms with E-state index in [1.807, 2.05) is 18.2 Å². The first-order valence-electron chi connectivity index (χ1n) is 10.6. The lowest BCUT2D eigenvalue weighted by atomic mass is 9.90. The van der Waals surface area contributed by atoms with E-state index in [9.17, 15) is 4.79 Å². The average Bonchev–Trinajstić information content (AvgIpc) is 3.51. The summed E-state index contributed by atoms with van der Waals surface area (Å²) >= 11 is 0. The van der Waals surface area contributed by atoms with Crippen LogP contribution in [-0.4, -0.2) is 10.9 Å². The second-order valence-electron chi connectivity index (χ2n) is 8.24. The third-order valence-corrected chi connectivity index (χ3v) is 6.43. The summed E-state index contributed by atoms with van der Waals surface area (Å²) in [4.78, 5) is 15.5. The van der Waals surface area contributed by atoms with Crippen molar-refractivity contribution in [2.45, 2.75) is 38.4 Å². The summed E-state index contributed by atoms with van der Waals surface area (Å²) in [6.45, 7) is 1.35. The highest BCUT2D eigenvalue weighted by molar-refractivity contribution is 5.99. The SMILES string of the molecule is O=C1NCc2cc(-c3ccc4[nH]c5c(c4c3)CCCC5NCc3ccco3)ccc21. The fourth-order valence-electron chi connectivity index (χ4n) is 4.90. The van der Waals surface area contributed by atoms with Gasteiger partial charge in [0, 0.05) is 34.7 Å². The van der Waals surface area contributed by atoms with Crippen molar-refractivity contribution >= 4 is 16.8 Å². The van der Waals surface area contributed by atoms with Crippen LogP contribution in [0.5, 0.6) is 0 Å². The van der Waals surface area contributed by atoms with E-state index in [4.69, 9.17) is 4.42 Å². The van der Waals surface area contributed by atoms with Crippen LogP contribution in [0.3, 0.4) is 0 Å². The number of aromatic nitrogens is 1. The Hall–Kier alpha value is -3.31. The molecule has 0 spiro atoms. The third-order valence-electron chi connectivity index (χ3n) is 6.43. The quantitative estimate of drug-likeness (QED) is 0.462. The van der Waals surface area contributed by atoms with E-state index in [0.29, 0.717) is 12.6 Å². The Labute approximate surface area is 174 Å². The lowest BCUT2D eigenvalue weighted by Crippen LogP contribution is -2.24. The molecule has 2 aliphatic rings. The first kappa shape index (κ1) is 17.5. The Balaban J connectivity index is 1.35. The second-order valence-corrected chi connectivity index (χ2v) is 8.24. The number of hydrogen-bond donors (Lipinski definition) is 3. The zero-order valence-corrected chi connectivity index (χ0v) is 16.6. The van der Waals surface area contributed by atoms with E-state index >= 15 is 0 Å². The normalized spacial score (nSPS) is 17.7. The molecule has 3 heterocycles. The van der Waals surface area contributed by atoms with Crippen molar-refractivity contribution in [1.82, 2.24) is 15.6 Å². The molecule has 2 aromatic heterocycles. The van der Waals surface area contributed by atoms with Crippen molar-refractivity contribution < 1.29 is 9.21 Å². The predicted octanol–water partition coefficient (Wildman–Crippen LogP) is 4.84. The molecule has 150 valence electrons. The van der Waals surface area contributed by atoms with Gasteiger partial charge in [-0.1, -0.05) is 12.1 Å². The van der Waals surface area contributed by atoms with Crippen LogP contribution in [0.1, 0.15) is 51.8 Å². The Kier molecular flexibility index (Phi) is 4.03. The number of hydrogen-bond acceptors (Lipinski definition) is 3. The molecule has 1 aliphatic carbocycles. The Morgan fingerprint density at radius 3 is 2.90 bits per heavy atom. The van der Waals surface area contributed by atoms with Crippen molar-refractivity contribution in [3.05, 3.63) is 82.9 Å². The number of furan rings is 1. The minimum Gasteiger partial charge on any atom is -0.468 e. The second kappa shape index (κ2) is 6.89. The van der Waals surface area contributed by atoms with Crippen molar-refractivity contribution in [2.24, 2.45) is 0 Å². The van der Waals surface area contributed by atoms with E-state index in [1.165, 1.54) is 34.1 Å². The summed E-state index contributed by atoms with van der Waals surface area (Å²) in [6, 6.07) is 17.0. The number of H-pyrrole nitrogens is 1. The number of fused-ring (bicyclic) bond motifs is 4. The van der Waals surface area contributed by atoms with Gasteiger partial charge in [-0.15, -0.1) is 0 Å². The van der Waals surface area contributed by atoms with Crippen LogP contribution in [0.25, 0.3) is 22.0 Å². The first-order chi connectivity index (χ1) is 14.8. The molecule has 1 aliphatic heterocycles. The van der Waals surface area contributed by atoms with E-state index in [0.717, 1.165) is 41.8 Å². The van der Waals surface area contributed by atoms with Gasteiger partial charge in [0.05, 0.1) is 12.8 Å². The van der Waals surface area contributed by atoms with Crippen molar-refractivity contribution in [1.29, 1.82) is 0 Å². The molecule has 1 atom stereocenters. The highest BCUT2D eigenvalue weighted by Crippen LogP contribution is 2.37. The zero-order chi connectivity index (χ0) is 20.1. The molecule has 4 aromatic rings. The van der Waals surface area contributed by atoms with E-state index < -0.39 is 0 Å². The maximum atomic E-state index is 11.8. The van der Waals surface area contributed by atoms with Gasteiger partial charge in [-0.05, 0) is 77.9 Å². The van der Waals surface area contributed by atoms with Crippen LogP contribution in [-0.2, 0) is 19.5 Å². The van der Waals surface area contributed by atoms with Crippen molar-refractivity contribution in [3.63, 3.8) is 0 Å². The highest BCUT2D eigenvalue weighted by Gasteiger charge is 2.25. The van der Waals surface area contributed by atoms with Crippen LogP contribution < -0.4 is 10.6 Å². The maximum Gasteiger partial charge on any atom is 0.251 e. The molecule has 0 saturated heterocycles. The fourth-order valence-corrected chi connectivity index (χ4v) is 4.90. The molecule has 5 nitrogen and oxygen atoms in total. The molecule has 1 unspecified atom stereocenters. The van der Waals surface area contributed by atoms with E-state index in [-0.39, 0.29) is 5.91 Å². The molecule has 6 rings (SSSR count). The van der Waals surface area contributed by atoms with Gasteiger partial charge in [-0.2, -0.15) is 0 Å². The molecule has 0 bridgehead atoms. The lowest BCUT2D eigenvalue weighted by molar-refractivity contribution is 0.0966. The van der Waals surface area contributed by atoms with Crippen molar-refractivity contribution in [2.75, 3.05) is 0 Å². The average molecular weight is 397 g/mol. The summed E-state index contributed by atoms with van der Waals surface area (Å²) in [5.41, 5.74) is 8.15. The van der Waals surface area contributed by atoms with Crippen LogP contribution >= 0.6 is 0 Å². The molecule has 0 radical (unpaired) electrons. The van der Waals surface area contributed by atoms with Gasteiger partial charge in [0.15, 0.2) is 0 Å². The molecule has 1 amide bonds. The fraction of sp³-hybridized carbons (Fsp3) is 0.240. The Morgan fingerprint density at radius 2 is 2.00 bits per heavy atom. The summed E-state index contributed by atoms with van der Waals surface area (Å²) < 4.78 is 5.48. The van der Waals surface area contributed by atoms with E-state index in [1.54, 1.807) is 6.26 Å². The lowest BCUT2D eigenvalue weighted by Gasteiger charge is -2.23. The minimum atomic E-state index is 0.0276. The monoisotopic (exact) mass is 397 g/mol. The zero-order valence-electron chi connectivity index (χ0n) is 16.6. The number of aromatic amines is 1. The smallest absolute Gasteiger partial charge is 0.251 e. The molecule has 0 fully saturated rings. The molecule has 3 N–H and O–H groups in total. The molecular formula is C25H23N3O2. The van der Waals surface area contributed by atoms with Crippen LogP contribution in [0, 0.1) is 0 Å². The third kappa shape index (κ3) is 2.85. The predicted molar refractivity (Wildman–Crippen MR) is 116 cm³/mol. The standard InChI is InChI=1S/C25H23N3O2/c29-25-19-8-6-15(11-17(19)13-27-25)16-7-9-22-21(12-16)20-4-1-5-23(24(20)28-22)26-14-18-3-2-10-30-18/h2-3,6-12,23,26,28H,1,4-5,13-14H2,(H,27,29). The Morgan fingerprint density at radius 1 is 1.10 bits per heavy atom. The summed E-state index contributed by atoms with van der Waals surface area (Å²) in [5.74, 6) is 0.991. The van der Waals surface area contributed by atoms with Gasteiger partial charge in [0.1, 0.15) is 5.76 Å². The topological polar surface area (TPSA) is 70.1 Å². The number of carbonyl (C=O) groups is 1. The van der Waals surface area contributed by atoms with Gasteiger partial charge in [-0.25, -0.2) is 0 Å². The number of rotatable bonds is 4. The molecule has 0 saturated carbocycles. The highest BCUT2D eigenvalue weighted by atomic mass is 16.3. The van der Waals surface area contributed by atoms with Crippen LogP contribution in [0.15, 0.2) is 59.2 Å². The van der Waals surface area contributed by atoms with Crippen molar-refractivity contribution in [3.8, 4) is 11.1 Å². The minimum absolute atomic E-state index is 0.0276. The van der Waals surface area contributed by atoms with Gasteiger partial charge in [-0.3, -0.25) is 4.79 Å². The van der Waals surface area contributed by atoms with Gasteiger partial charge in [0.2, 0.25) is 0 Å². The molecular weight excluding hydrogens is 374 g/mol. The van der Waals surface area contributed by atoms with Gasteiger partial charge in [0.25, 0.3) is 5.91 Å². The molecule has 5 heteroatoms. The summed E-state index contributed by atoms with van der Waals surface area (Å²) in [5, 5.41) is 7.86. The van der Waals surface area contributed by atoms with E-state index in [2.05, 4.69) is 45.9 Å².